The lowest BCUT2D eigenvalue weighted by Gasteiger charge is -2.35. The van der Waals surface area contributed by atoms with Gasteiger partial charge in [-0.3, -0.25) is 0 Å². The molecule has 0 aromatic carbocycles. The SMILES string of the molecule is CCCN(SCSN(CCC)C1CCCCC1)C1CCCCC1. The lowest BCUT2D eigenvalue weighted by molar-refractivity contribution is 0.271. The van der Waals surface area contributed by atoms with Crippen molar-refractivity contribution in [2.24, 2.45) is 0 Å². The van der Waals surface area contributed by atoms with Gasteiger partial charge in [-0.15, -0.1) is 0 Å². The van der Waals surface area contributed by atoms with Crippen LogP contribution in [0.3, 0.4) is 0 Å². The summed E-state index contributed by atoms with van der Waals surface area (Å²) in [6.07, 6.45) is 17.0. The Hall–Kier alpha value is 0.620. The molecule has 23 heavy (non-hydrogen) atoms. The first-order valence-electron chi connectivity index (χ1n) is 10.1. The van der Waals surface area contributed by atoms with E-state index in [9.17, 15) is 0 Å². The van der Waals surface area contributed by atoms with E-state index < -0.39 is 0 Å². The minimum Gasteiger partial charge on any atom is -0.247 e. The number of rotatable bonds is 10. The predicted molar refractivity (Wildman–Crippen MR) is 108 cm³/mol. The summed E-state index contributed by atoms with van der Waals surface area (Å²) in [7, 11) is 0. The van der Waals surface area contributed by atoms with Gasteiger partial charge in [-0.05, 0) is 38.5 Å². The maximum atomic E-state index is 2.73. The van der Waals surface area contributed by atoms with Gasteiger partial charge in [-0.2, -0.15) is 0 Å². The van der Waals surface area contributed by atoms with Crippen LogP contribution in [0.5, 0.6) is 0 Å². The van der Waals surface area contributed by atoms with Crippen molar-refractivity contribution in [3.8, 4) is 0 Å². The summed E-state index contributed by atoms with van der Waals surface area (Å²) in [6, 6.07) is 1.70. The van der Waals surface area contributed by atoms with Crippen molar-refractivity contribution in [3.05, 3.63) is 0 Å². The third-order valence-electron chi connectivity index (χ3n) is 5.29. The van der Waals surface area contributed by atoms with Crippen LogP contribution in [0.2, 0.25) is 0 Å². The van der Waals surface area contributed by atoms with E-state index in [1.54, 1.807) is 0 Å². The van der Waals surface area contributed by atoms with Crippen LogP contribution in [0.15, 0.2) is 0 Å². The fourth-order valence-electron chi connectivity index (χ4n) is 4.04. The van der Waals surface area contributed by atoms with Gasteiger partial charge in [0.15, 0.2) is 0 Å². The summed E-state index contributed by atoms with van der Waals surface area (Å²) in [5.41, 5.74) is 0. The third-order valence-corrected chi connectivity index (χ3v) is 7.76. The van der Waals surface area contributed by atoms with Gasteiger partial charge >= 0.3 is 0 Å². The minimum absolute atomic E-state index is 0.851. The molecule has 0 radical (unpaired) electrons. The van der Waals surface area contributed by atoms with Crippen molar-refractivity contribution in [2.75, 3.05) is 18.2 Å². The molecule has 0 aromatic rings. The third kappa shape index (κ3) is 7.17. The first-order valence-corrected chi connectivity index (χ1v) is 12.0. The topological polar surface area (TPSA) is 6.48 Å². The van der Waals surface area contributed by atoms with Crippen LogP contribution in [0.25, 0.3) is 0 Å². The molecule has 2 rings (SSSR count). The van der Waals surface area contributed by atoms with Crippen molar-refractivity contribution in [3.63, 3.8) is 0 Å². The predicted octanol–water partition coefficient (Wildman–Crippen LogP) is 6.33. The minimum atomic E-state index is 0.851. The average molecular weight is 359 g/mol. The van der Waals surface area contributed by atoms with E-state index in [4.69, 9.17) is 0 Å². The summed E-state index contributed by atoms with van der Waals surface area (Å²) in [6.45, 7) is 7.20. The molecule has 0 amide bonds. The van der Waals surface area contributed by atoms with Crippen LogP contribution in [0.4, 0.5) is 0 Å². The second-order valence-electron chi connectivity index (χ2n) is 7.24. The molecule has 0 spiro atoms. The Morgan fingerprint density at radius 3 is 1.39 bits per heavy atom. The van der Waals surface area contributed by atoms with E-state index in [1.807, 2.05) is 0 Å². The molecule has 0 unspecified atom stereocenters. The lowest BCUT2D eigenvalue weighted by Crippen LogP contribution is -2.34. The Balaban J connectivity index is 1.75. The molecule has 136 valence electrons. The highest BCUT2D eigenvalue weighted by molar-refractivity contribution is 8.13. The summed E-state index contributed by atoms with van der Waals surface area (Å²) < 4.78 is 5.47. The van der Waals surface area contributed by atoms with Crippen LogP contribution in [-0.2, 0) is 0 Å². The largest absolute Gasteiger partial charge is 0.247 e. The number of nitrogens with zero attached hydrogens (tertiary/aromatic N) is 2. The average Bonchev–Trinajstić information content (AvgIpc) is 2.61. The maximum Gasteiger partial charge on any atom is 0.0687 e. The summed E-state index contributed by atoms with van der Waals surface area (Å²) in [4.78, 5) is 0. The van der Waals surface area contributed by atoms with E-state index in [0.717, 1.165) is 12.1 Å². The molecular weight excluding hydrogens is 320 g/mol. The van der Waals surface area contributed by atoms with E-state index >= 15 is 0 Å². The fourth-order valence-corrected chi connectivity index (χ4v) is 6.78. The summed E-state index contributed by atoms with van der Waals surface area (Å²) in [5.74, 6) is 0. The normalized spacial score (nSPS) is 21.4. The van der Waals surface area contributed by atoms with Crippen LogP contribution in [0, 0.1) is 0 Å². The van der Waals surface area contributed by atoms with Crippen molar-refractivity contribution < 1.29 is 0 Å². The van der Waals surface area contributed by atoms with Gasteiger partial charge in [0, 0.05) is 25.2 Å². The lowest BCUT2D eigenvalue weighted by atomic mass is 9.95. The van der Waals surface area contributed by atoms with E-state index in [0.29, 0.717) is 0 Å². The van der Waals surface area contributed by atoms with Gasteiger partial charge in [-0.1, -0.05) is 76.3 Å². The zero-order valence-corrected chi connectivity index (χ0v) is 17.1. The Morgan fingerprint density at radius 2 is 1.04 bits per heavy atom. The smallest absolute Gasteiger partial charge is 0.0687 e. The van der Waals surface area contributed by atoms with Gasteiger partial charge in [-0.25, -0.2) is 8.61 Å². The van der Waals surface area contributed by atoms with E-state index in [1.165, 1.54) is 95.2 Å². The molecule has 0 atom stereocenters. The van der Waals surface area contributed by atoms with Crippen LogP contribution in [-0.4, -0.2) is 38.9 Å². The molecular formula is C19H38N2S2. The molecule has 0 saturated heterocycles. The van der Waals surface area contributed by atoms with Crippen LogP contribution in [0.1, 0.15) is 90.9 Å². The molecule has 0 aromatic heterocycles. The van der Waals surface area contributed by atoms with Crippen LogP contribution >= 0.6 is 23.9 Å². The monoisotopic (exact) mass is 358 g/mol. The van der Waals surface area contributed by atoms with E-state index in [-0.39, 0.29) is 0 Å². The van der Waals surface area contributed by atoms with Gasteiger partial charge in [0.05, 0.1) is 5.08 Å². The summed E-state index contributed by atoms with van der Waals surface area (Å²) in [5, 5.41) is 1.22. The highest BCUT2D eigenvalue weighted by Crippen LogP contribution is 2.33. The fraction of sp³-hybridized carbons (Fsp3) is 1.00. The Bertz CT molecular complexity index is 261. The number of hydrogen-bond acceptors (Lipinski definition) is 4. The van der Waals surface area contributed by atoms with Gasteiger partial charge in [0.25, 0.3) is 0 Å². The molecule has 0 aliphatic heterocycles. The first kappa shape index (κ1) is 19.9. The second kappa shape index (κ2) is 12.1. The molecule has 2 aliphatic carbocycles. The van der Waals surface area contributed by atoms with Gasteiger partial charge < -0.3 is 0 Å². The van der Waals surface area contributed by atoms with E-state index in [2.05, 4.69) is 46.4 Å². The van der Waals surface area contributed by atoms with Crippen molar-refractivity contribution in [1.29, 1.82) is 0 Å². The molecule has 2 fully saturated rings. The summed E-state index contributed by atoms with van der Waals surface area (Å²) >= 11 is 4.25. The Labute approximate surface area is 153 Å². The zero-order valence-electron chi connectivity index (χ0n) is 15.5. The van der Waals surface area contributed by atoms with Gasteiger partial charge in [0.1, 0.15) is 0 Å². The quantitative estimate of drug-likeness (QED) is 0.332. The second-order valence-corrected chi connectivity index (χ2v) is 9.64. The zero-order chi connectivity index (χ0) is 16.3. The molecule has 4 heteroatoms. The molecule has 2 aliphatic rings. The highest BCUT2D eigenvalue weighted by atomic mass is 32.2. The molecule has 0 heterocycles. The molecule has 2 saturated carbocycles. The van der Waals surface area contributed by atoms with Crippen LogP contribution < -0.4 is 0 Å². The highest BCUT2D eigenvalue weighted by Gasteiger charge is 2.23. The Kier molecular flexibility index (Phi) is 10.4. The first-order chi connectivity index (χ1) is 11.3. The molecule has 0 N–H and O–H groups in total. The van der Waals surface area contributed by atoms with Crippen molar-refractivity contribution >= 4 is 23.9 Å². The molecule has 0 bridgehead atoms. The number of hydrogen-bond donors (Lipinski definition) is 0. The molecule has 2 nitrogen and oxygen atoms in total. The Morgan fingerprint density at radius 1 is 0.652 bits per heavy atom. The maximum absolute atomic E-state index is 2.73. The van der Waals surface area contributed by atoms with Crippen molar-refractivity contribution in [2.45, 2.75) is 103 Å². The van der Waals surface area contributed by atoms with Gasteiger partial charge in [0.2, 0.25) is 0 Å². The standard InChI is InChI=1S/C19H38N2S2/c1-3-15-20(18-11-7-5-8-12-18)22-17-23-21(16-4-2)19-13-9-6-10-14-19/h18-19H,3-17H2,1-2H3. The van der Waals surface area contributed by atoms with Crippen molar-refractivity contribution in [1.82, 2.24) is 8.61 Å².